The zero-order chi connectivity index (χ0) is 13.7. The number of halogens is 2. The minimum absolute atomic E-state index is 0.0346. The highest BCUT2D eigenvalue weighted by Gasteiger charge is 2.13. The van der Waals surface area contributed by atoms with Gasteiger partial charge in [-0.25, -0.2) is 0 Å². The van der Waals surface area contributed by atoms with Crippen LogP contribution in [0.2, 0.25) is 0 Å². The second-order valence-corrected chi connectivity index (χ2v) is 3.95. The van der Waals surface area contributed by atoms with Crippen LogP contribution in [0.25, 0.3) is 0 Å². The molecule has 0 aliphatic carbocycles. The number of carbonyl (C=O) groups is 1. The fourth-order valence-electron chi connectivity index (χ4n) is 1.76. The molecule has 0 N–H and O–H groups in total. The van der Waals surface area contributed by atoms with Crippen LogP contribution in [0.1, 0.15) is 15.9 Å². The van der Waals surface area contributed by atoms with Gasteiger partial charge in [0.2, 0.25) is 0 Å². The third-order valence-corrected chi connectivity index (χ3v) is 2.64. The Morgan fingerprint density at radius 2 is 1.63 bits per heavy atom. The zero-order valence-electron chi connectivity index (χ0n) is 10.1. The van der Waals surface area contributed by atoms with E-state index >= 15 is 0 Å². The Balaban J connectivity index is 2.17. The Labute approximate surface area is 109 Å². The average Bonchev–Trinajstić information content (AvgIpc) is 2.41. The van der Waals surface area contributed by atoms with Gasteiger partial charge < -0.3 is 4.74 Å². The topological polar surface area (TPSA) is 26.3 Å². The van der Waals surface area contributed by atoms with Gasteiger partial charge in [0.15, 0.2) is 5.78 Å². The molecule has 0 saturated heterocycles. The van der Waals surface area contributed by atoms with Crippen molar-refractivity contribution in [2.24, 2.45) is 0 Å². The molecule has 2 aromatic rings. The van der Waals surface area contributed by atoms with Gasteiger partial charge in [-0.05, 0) is 6.07 Å². The lowest BCUT2D eigenvalue weighted by atomic mass is 10.0. The maximum absolute atomic E-state index is 12.3. The number of ketones is 1. The normalized spacial score (nSPS) is 10.5. The van der Waals surface area contributed by atoms with Gasteiger partial charge in [-0.2, -0.15) is 8.78 Å². The quantitative estimate of drug-likeness (QED) is 0.768. The van der Waals surface area contributed by atoms with Crippen LogP contribution < -0.4 is 4.74 Å². The Morgan fingerprint density at radius 1 is 1.00 bits per heavy atom. The lowest BCUT2D eigenvalue weighted by Crippen LogP contribution is -2.08. The molecule has 0 atom stereocenters. The predicted octanol–water partition coefficient (Wildman–Crippen LogP) is 3.71. The van der Waals surface area contributed by atoms with Crippen molar-refractivity contribution < 1.29 is 18.3 Å². The molecule has 0 amide bonds. The lowest BCUT2D eigenvalue weighted by molar-refractivity contribution is -0.0504. The van der Waals surface area contributed by atoms with Crippen molar-refractivity contribution in [1.82, 2.24) is 0 Å². The number of alkyl halides is 2. The Kier molecular flexibility index (Phi) is 4.23. The molecule has 0 bridgehead atoms. The number of hydrogen-bond acceptors (Lipinski definition) is 2. The summed E-state index contributed by atoms with van der Waals surface area (Å²) in [5, 5.41) is 0. The number of benzene rings is 2. The lowest BCUT2D eigenvalue weighted by Gasteiger charge is -2.09. The molecule has 0 spiro atoms. The Bertz CT molecular complexity index is 553. The smallest absolute Gasteiger partial charge is 0.387 e. The van der Waals surface area contributed by atoms with Gasteiger partial charge in [-0.15, -0.1) is 0 Å². The van der Waals surface area contributed by atoms with Crippen LogP contribution in [0.5, 0.6) is 5.75 Å². The SMILES string of the molecule is O=C(Cc1ccccc1OC(F)F)c1ccccc1. The van der Waals surface area contributed by atoms with Gasteiger partial charge in [0.25, 0.3) is 0 Å². The molecular formula is C15H12F2O2. The van der Waals surface area contributed by atoms with E-state index in [0.717, 1.165) is 0 Å². The predicted molar refractivity (Wildman–Crippen MR) is 67.6 cm³/mol. The van der Waals surface area contributed by atoms with E-state index in [-0.39, 0.29) is 18.0 Å². The molecule has 0 aliphatic rings. The van der Waals surface area contributed by atoms with Gasteiger partial charge >= 0.3 is 6.61 Å². The summed E-state index contributed by atoms with van der Waals surface area (Å²) in [6.45, 7) is -2.90. The van der Waals surface area contributed by atoms with E-state index in [4.69, 9.17) is 0 Å². The first kappa shape index (κ1) is 13.2. The average molecular weight is 262 g/mol. The number of Topliss-reactive ketones (excluding diaryl/α,β-unsaturated/α-hetero) is 1. The summed E-state index contributed by atoms with van der Waals surface area (Å²) in [5.41, 5.74) is 1.01. The molecule has 4 heteroatoms. The van der Waals surface area contributed by atoms with Crippen molar-refractivity contribution in [3.8, 4) is 5.75 Å². The highest BCUT2D eigenvalue weighted by Crippen LogP contribution is 2.21. The maximum Gasteiger partial charge on any atom is 0.387 e. The molecule has 0 aliphatic heterocycles. The van der Waals surface area contributed by atoms with Crippen LogP contribution in [0.15, 0.2) is 54.6 Å². The second-order valence-electron chi connectivity index (χ2n) is 3.95. The first-order chi connectivity index (χ1) is 9.16. The third kappa shape index (κ3) is 3.61. The van der Waals surface area contributed by atoms with Crippen molar-refractivity contribution in [3.63, 3.8) is 0 Å². The number of hydrogen-bond donors (Lipinski definition) is 0. The van der Waals surface area contributed by atoms with Crippen molar-refractivity contribution in [2.45, 2.75) is 13.0 Å². The molecule has 2 rings (SSSR count). The summed E-state index contributed by atoms with van der Waals surface area (Å²) in [6.07, 6.45) is 0.0346. The molecule has 0 radical (unpaired) electrons. The van der Waals surface area contributed by atoms with Crippen molar-refractivity contribution in [1.29, 1.82) is 0 Å². The fraction of sp³-hybridized carbons (Fsp3) is 0.133. The van der Waals surface area contributed by atoms with Crippen LogP contribution in [-0.2, 0) is 6.42 Å². The molecular weight excluding hydrogens is 250 g/mol. The number of ether oxygens (including phenoxy) is 1. The van der Waals surface area contributed by atoms with E-state index in [1.807, 2.05) is 6.07 Å². The van der Waals surface area contributed by atoms with Crippen LogP contribution in [0.3, 0.4) is 0 Å². The third-order valence-electron chi connectivity index (χ3n) is 2.64. The van der Waals surface area contributed by atoms with Gasteiger partial charge in [0.05, 0.1) is 0 Å². The summed E-state index contributed by atoms with van der Waals surface area (Å²) in [4.78, 5) is 12.0. The van der Waals surface area contributed by atoms with Crippen molar-refractivity contribution in [3.05, 3.63) is 65.7 Å². The molecule has 2 aromatic carbocycles. The van der Waals surface area contributed by atoms with Gasteiger partial charge in [0, 0.05) is 17.5 Å². The summed E-state index contributed by atoms with van der Waals surface area (Å²) < 4.78 is 28.9. The fourth-order valence-corrected chi connectivity index (χ4v) is 1.76. The summed E-state index contributed by atoms with van der Waals surface area (Å²) in [5.74, 6) is -0.0901. The minimum Gasteiger partial charge on any atom is -0.435 e. The molecule has 0 unspecified atom stereocenters. The monoisotopic (exact) mass is 262 g/mol. The zero-order valence-corrected chi connectivity index (χ0v) is 10.1. The van der Waals surface area contributed by atoms with E-state index in [0.29, 0.717) is 11.1 Å². The van der Waals surface area contributed by atoms with E-state index in [9.17, 15) is 13.6 Å². The van der Waals surface area contributed by atoms with Crippen LogP contribution in [0, 0.1) is 0 Å². The van der Waals surface area contributed by atoms with Crippen molar-refractivity contribution in [2.75, 3.05) is 0 Å². The van der Waals surface area contributed by atoms with Crippen LogP contribution >= 0.6 is 0 Å². The maximum atomic E-state index is 12.3. The molecule has 0 heterocycles. The standard InChI is InChI=1S/C15H12F2O2/c16-15(17)19-14-9-5-4-8-12(14)10-13(18)11-6-2-1-3-7-11/h1-9,15H,10H2. The van der Waals surface area contributed by atoms with Crippen molar-refractivity contribution >= 4 is 5.78 Å². The van der Waals surface area contributed by atoms with E-state index in [2.05, 4.69) is 4.74 Å². The largest absolute Gasteiger partial charge is 0.435 e. The molecule has 19 heavy (non-hydrogen) atoms. The van der Waals surface area contributed by atoms with Crippen LogP contribution in [-0.4, -0.2) is 12.4 Å². The molecule has 0 aromatic heterocycles. The van der Waals surface area contributed by atoms with E-state index < -0.39 is 6.61 Å². The second kappa shape index (κ2) is 6.09. The first-order valence-electron chi connectivity index (χ1n) is 5.78. The van der Waals surface area contributed by atoms with Gasteiger partial charge in [0.1, 0.15) is 5.75 Å². The van der Waals surface area contributed by atoms with Gasteiger partial charge in [-0.1, -0.05) is 48.5 Å². The molecule has 0 saturated carbocycles. The first-order valence-corrected chi connectivity index (χ1v) is 5.78. The van der Waals surface area contributed by atoms with Crippen LogP contribution in [0.4, 0.5) is 8.78 Å². The van der Waals surface area contributed by atoms with E-state index in [1.165, 1.54) is 6.07 Å². The Hall–Kier alpha value is -2.23. The van der Waals surface area contributed by atoms with Gasteiger partial charge in [-0.3, -0.25) is 4.79 Å². The Morgan fingerprint density at radius 3 is 2.32 bits per heavy atom. The molecule has 2 nitrogen and oxygen atoms in total. The number of para-hydroxylation sites is 1. The number of rotatable bonds is 5. The summed E-state index contributed by atoms with van der Waals surface area (Å²) in [7, 11) is 0. The summed E-state index contributed by atoms with van der Waals surface area (Å²) >= 11 is 0. The number of carbonyl (C=O) groups excluding carboxylic acids is 1. The highest BCUT2D eigenvalue weighted by molar-refractivity contribution is 5.97. The molecule has 98 valence electrons. The summed E-state index contributed by atoms with van der Waals surface area (Å²) in [6, 6.07) is 15.0. The minimum atomic E-state index is -2.90. The molecule has 0 fully saturated rings. The van der Waals surface area contributed by atoms with E-state index in [1.54, 1.807) is 42.5 Å². The highest BCUT2D eigenvalue weighted by atomic mass is 19.3.